The zero-order chi connectivity index (χ0) is 12.4. The Morgan fingerprint density at radius 3 is 2.06 bits per heavy atom. The van der Waals surface area contributed by atoms with Gasteiger partial charge in [-0.1, -0.05) is 46.5 Å². The van der Waals surface area contributed by atoms with Crippen LogP contribution in [0.2, 0.25) is 0 Å². The van der Waals surface area contributed by atoms with E-state index in [1.807, 2.05) is 0 Å². The summed E-state index contributed by atoms with van der Waals surface area (Å²) >= 11 is 0. The fraction of sp³-hybridized carbons (Fsp3) is 1.00. The quantitative estimate of drug-likeness (QED) is 0.577. The van der Waals surface area contributed by atoms with Crippen LogP contribution in [0.15, 0.2) is 0 Å². The summed E-state index contributed by atoms with van der Waals surface area (Å²) in [6.07, 6.45) is 8.30. The first-order chi connectivity index (χ1) is 7.66. The number of rotatable bonds is 10. The molecule has 0 heterocycles. The van der Waals surface area contributed by atoms with Crippen molar-refractivity contribution >= 4 is 0 Å². The fourth-order valence-corrected chi connectivity index (χ4v) is 2.43. The second-order valence-corrected chi connectivity index (χ2v) is 4.66. The highest BCUT2D eigenvalue weighted by atomic mass is 16.5. The third kappa shape index (κ3) is 4.84. The predicted octanol–water partition coefficient (Wildman–Crippen LogP) is 3.88. The summed E-state index contributed by atoms with van der Waals surface area (Å²) < 4.78 is 5.92. The Kier molecular flexibility index (Phi) is 8.96. The summed E-state index contributed by atoms with van der Waals surface area (Å²) in [5, 5.41) is 0. The van der Waals surface area contributed by atoms with Gasteiger partial charge in [-0.05, 0) is 26.2 Å². The molecule has 1 unspecified atom stereocenters. The van der Waals surface area contributed by atoms with E-state index in [4.69, 9.17) is 10.5 Å². The van der Waals surface area contributed by atoms with Crippen LogP contribution in [0.4, 0.5) is 0 Å². The number of hydrogen-bond acceptors (Lipinski definition) is 2. The Morgan fingerprint density at radius 2 is 1.62 bits per heavy atom. The van der Waals surface area contributed by atoms with E-state index in [0.717, 1.165) is 25.9 Å². The molecule has 0 rings (SSSR count). The number of hydrogen-bond donors (Lipinski definition) is 1. The summed E-state index contributed by atoms with van der Waals surface area (Å²) in [6, 6.07) is 0.194. The minimum atomic E-state index is -0.0824. The van der Waals surface area contributed by atoms with Gasteiger partial charge in [-0.15, -0.1) is 0 Å². The lowest BCUT2D eigenvalue weighted by molar-refractivity contribution is -0.0654. The molecule has 2 nitrogen and oxygen atoms in total. The SMILES string of the molecule is CCCCCCC(N)C(CC)(CC)OCC. The molecule has 0 aliphatic carbocycles. The van der Waals surface area contributed by atoms with Crippen molar-refractivity contribution in [1.29, 1.82) is 0 Å². The molecular formula is C14H31NO. The van der Waals surface area contributed by atoms with Crippen molar-refractivity contribution in [2.75, 3.05) is 6.61 Å². The lowest BCUT2D eigenvalue weighted by Crippen LogP contribution is -2.49. The van der Waals surface area contributed by atoms with E-state index >= 15 is 0 Å². The van der Waals surface area contributed by atoms with Crippen LogP contribution in [-0.2, 0) is 4.74 Å². The van der Waals surface area contributed by atoms with Crippen LogP contribution in [-0.4, -0.2) is 18.2 Å². The molecule has 0 aliphatic rings. The van der Waals surface area contributed by atoms with Crippen LogP contribution >= 0.6 is 0 Å². The molecule has 0 aromatic heterocycles. The standard InChI is InChI=1S/C14H31NO/c1-5-9-10-11-12-13(15)14(6-2,7-3)16-8-4/h13H,5-12,15H2,1-4H3. The monoisotopic (exact) mass is 229 g/mol. The van der Waals surface area contributed by atoms with E-state index in [9.17, 15) is 0 Å². The zero-order valence-corrected chi connectivity index (χ0v) is 11.7. The third-order valence-corrected chi connectivity index (χ3v) is 3.67. The van der Waals surface area contributed by atoms with Crippen LogP contribution < -0.4 is 5.73 Å². The predicted molar refractivity (Wildman–Crippen MR) is 71.7 cm³/mol. The fourth-order valence-electron chi connectivity index (χ4n) is 2.43. The molecule has 0 fully saturated rings. The van der Waals surface area contributed by atoms with Gasteiger partial charge in [-0.3, -0.25) is 0 Å². The van der Waals surface area contributed by atoms with Gasteiger partial charge in [-0.25, -0.2) is 0 Å². The van der Waals surface area contributed by atoms with E-state index in [-0.39, 0.29) is 11.6 Å². The largest absolute Gasteiger partial charge is 0.374 e. The van der Waals surface area contributed by atoms with E-state index < -0.39 is 0 Å². The highest BCUT2D eigenvalue weighted by molar-refractivity contribution is 4.89. The summed E-state index contributed by atoms with van der Waals surface area (Å²) in [6.45, 7) is 9.44. The Bertz CT molecular complexity index is 155. The molecule has 1 atom stereocenters. The molecule has 0 saturated carbocycles. The van der Waals surface area contributed by atoms with Crippen molar-refractivity contribution in [3.8, 4) is 0 Å². The maximum Gasteiger partial charge on any atom is 0.0827 e. The van der Waals surface area contributed by atoms with Crippen molar-refractivity contribution in [3.05, 3.63) is 0 Å². The molecule has 2 heteroatoms. The molecule has 0 bridgehead atoms. The van der Waals surface area contributed by atoms with Crippen molar-refractivity contribution < 1.29 is 4.74 Å². The highest BCUT2D eigenvalue weighted by Crippen LogP contribution is 2.26. The van der Waals surface area contributed by atoms with Gasteiger partial charge in [0.05, 0.1) is 5.60 Å². The van der Waals surface area contributed by atoms with Crippen LogP contribution in [0.5, 0.6) is 0 Å². The summed E-state index contributed by atoms with van der Waals surface area (Å²) in [5.74, 6) is 0. The van der Waals surface area contributed by atoms with Gasteiger partial charge < -0.3 is 10.5 Å². The van der Waals surface area contributed by atoms with Crippen molar-refractivity contribution in [2.45, 2.75) is 84.3 Å². The van der Waals surface area contributed by atoms with Crippen LogP contribution in [0, 0.1) is 0 Å². The average Bonchev–Trinajstić information content (AvgIpc) is 2.31. The first kappa shape index (κ1) is 15.9. The van der Waals surface area contributed by atoms with Gasteiger partial charge in [0.15, 0.2) is 0 Å². The Morgan fingerprint density at radius 1 is 1.00 bits per heavy atom. The summed E-state index contributed by atoms with van der Waals surface area (Å²) in [5.41, 5.74) is 6.23. The maximum atomic E-state index is 6.32. The maximum absolute atomic E-state index is 6.32. The molecule has 0 radical (unpaired) electrons. The van der Waals surface area contributed by atoms with Crippen LogP contribution in [0.25, 0.3) is 0 Å². The molecule has 0 aromatic rings. The van der Waals surface area contributed by atoms with E-state index in [0.29, 0.717) is 0 Å². The lowest BCUT2D eigenvalue weighted by Gasteiger charge is -2.37. The Balaban J connectivity index is 4.10. The Hall–Kier alpha value is -0.0800. The van der Waals surface area contributed by atoms with Gasteiger partial charge in [0, 0.05) is 12.6 Å². The van der Waals surface area contributed by atoms with Crippen LogP contribution in [0.1, 0.15) is 72.6 Å². The van der Waals surface area contributed by atoms with Gasteiger partial charge in [0.1, 0.15) is 0 Å². The molecule has 0 aliphatic heterocycles. The van der Waals surface area contributed by atoms with E-state index in [1.165, 1.54) is 25.7 Å². The van der Waals surface area contributed by atoms with E-state index in [1.54, 1.807) is 0 Å². The molecule has 0 spiro atoms. The molecule has 0 saturated heterocycles. The van der Waals surface area contributed by atoms with Crippen molar-refractivity contribution in [3.63, 3.8) is 0 Å². The number of ether oxygens (including phenoxy) is 1. The summed E-state index contributed by atoms with van der Waals surface area (Å²) in [7, 11) is 0. The molecule has 0 amide bonds. The topological polar surface area (TPSA) is 35.2 Å². The van der Waals surface area contributed by atoms with Crippen molar-refractivity contribution in [2.24, 2.45) is 5.73 Å². The first-order valence-electron chi connectivity index (χ1n) is 7.06. The van der Waals surface area contributed by atoms with Gasteiger partial charge in [0.2, 0.25) is 0 Å². The van der Waals surface area contributed by atoms with Crippen molar-refractivity contribution in [1.82, 2.24) is 0 Å². The second-order valence-electron chi connectivity index (χ2n) is 4.66. The second kappa shape index (κ2) is 9.00. The highest BCUT2D eigenvalue weighted by Gasteiger charge is 2.33. The smallest absolute Gasteiger partial charge is 0.0827 e. The first-order valence-corrected chi connectivity index (χ1v) is 7.06. The molecule has 0 aromatic carbocycles. The molecule has 2 N–H and O–H groups in total. The molecule has 16 heavy (non-hydrogen) atoms. The summed E-state index contributed by atoms with van der Waals surface area (Å²) in [4.78, 5) is 0. The van der Waals surface area contributed by atoms with Gasteiger partial charge in [-0.2, -0.15) is 0 Å². The minimum Gasteiger partial charge on any atom is -0.374 e. The number of nitrogens with two attached hydrogens (primary N) is 1. The minimum absolute atomic E-state index is 0.0824. The van der Waals surface area contributed by atoms with Gasteiger partial charge >= 0.3 is 0 Å². The Labute approximate surface area is 102 Å². The van der Waals surface area contributed by atoms with Gasteiger partial charge in [0.25, 0.3) is 0 Å². The zero-order valence-electron chi connectivity index (χ0n) is 11.7. The lowest BCUT2D eigenvalue weighted by atomic mass is 9.85. The average molecular weight is 229 g/mol. The molecule has 98 valence electrons. The van der Waals surface area contributed by atoms with Crippen LogP contribution in [0.3, 0.4) is 0 Å². The number of unbranched alkanes of at least 4 members (excludes halogenated alkanes) is 3. The molecular weight excluding hydrogens is 198 g/mol. The normalized spacial score (nSPS) is 14.1. The third-order valence-electron chi connectivity index (χ3n) is 3.67. The van der Waals surface area contributed by atoms with E-state index in [2.05, 4.69) is 27.7 Å².